The molecular weight excluding hydrogens is 198 g/mol. The van der Waals surface area contributed by atoms with E-state index in [1.54, 1.807) is 0 Å². The molecule has 0 saturated heterocycles. The van der Waals surface area contributed by atoms with Crippen LogP contribution < -0.4 is 5.32 Å². The highest BCUT2D eigenvalue weighted by molar-refractivity contribution is 5.35. The number of fused-ring (bicyclic) bond motifs is 1. The maximum Gasteiger partial charge on any atom is 0.0662 e. The summed E-state index contributed by atoms with van der Waals surface area (Å²) in [5.41, 5.74) is 4.39. The van der Waals surface area contributed by atoms with Crippen LogP contribution in [0, 0.1) is 0 Å². The van der Waals surface area contributed by atoms with Gasteiger partial charge >= 0.3 is 0 Å². The van der Waals surface area contributed by atoms with Crippen molar-refractivity contribution in [3.8, 4) is 0 Å². The van der Waals surface area contributed by atoms with Gasteiger partial charge in [0, 0.05) is 13.1 Å². The van der Waals surface area contributed by atoms with Crippen molar-refractivity contribution in [1.82, 2.24) is 5.32 Å². The molecule has 0 saturated carbocycles. The Morgan fingerprint density at radius 1 is 1.31 bits per heavy atom. The van der Waals surface area contributed by atoms with Crippen molar-refractivity contribution in [2.24, 2.45) is 0 Å². The maximum absolute atomic E-state index is 9.43. The van der Waals surface area contributed by atoms with Crippen molar-refractivity contribution in [1.29, 1.82) is 0 Å². The van der Waals surface area contributed by atoms with E-state index in [0.717, 1.165) is 13.0 Å². The number of aliphatic hydroxyl groups is 1. The molecule has 88 valence electrons. The van der Waals surface area contributed by atoms with Crippen LogP contribution >= 0.6 is 0 Å². The molecule has 2 nitrogen and oxygen atoms in total. The summed E-state index contributed by atoms with van der Waals surface area (Å²) >= 11 is 0. The predicted octanol–water partition coefficient (Wildman–Crippen LogP) is 2.04. The van der Waals surface area contributed by atoms with Crippen LogP contribution in [0.4, 0.5) is 0 Å². The summed E-state index contributed by atoms with van der Waals surface area (Å²) in [7, 11) is 0. The van der Waals surface area contributed by atoms with Crippen molar-refractivity contribution >= 4 is 0 Å². The summed E-state index contributed by atoms with van der Waals surface area (Å²) in [5.74, 6) is 0. The monoisotopic (exact) mass is 219 g/mol. The second kappa shape index (κ2) is 5.46. The van der Waals surface area contributed by atoms with Crippen molar-refractivity contribution < 1.29 is 5.11 Å². The third-order valence-electron chi connectivity index (χ3n) is 3.34. The van der Waals surface area contributed by atoms with Crippen LogP contribution in [0.1, 0.15) is 36.5 Å². The highest BCUT2D eigenvalue weighted by atomic mass is 16.3. The quantitative estimate of drug-likeness (QED) is 0.794. The smallest absolute Gasteiger partial charge is 0.0662 e. The molecule has 0 fully saturated rings. The summed E-state index contributed by atoms with van der Waals surface area (Å²) in [6.07, 6.45) is 4.39. The number of aryl methyl sites for hydroxylation is 2. The number of aliphatic hydroxyl groups excluding tert-OH is 1. The van der Waals surface area contributed by atoms with Gasteiger partial charge < -0.3 is 10.4 Å². The Hall–Kier alpha value is -0.860. The van der Waals surface area contributed by atoms with E-state index in [4.69, 9.17) is 0 Å². The van der Waals surface area contributed by atoms with E-state index in [9.17, 15) is 5.11 Å². The number of benzene rings is 1. The lowest BCUT2D eigenvalue weighted by molar-refractivity contribution is 0.167. The van der Waals surface area contributed by atoms with Crippen molar-refractivity contribution in [3.63, 3.8) is 0 Å². The molecule has 1 aliphatic carbocycles. The highest BCUT2D eigenvalue weighted by Gasteiger charge is 2.10. The Kier molecular flexibility index (Phi) is 3.97. The van der Waals surface area contributed by atoms with Gasteiger partial charge in [-0.05, 0) is 42.4 Å². The summed E-state index contributed by atoms with van der Waals surface area (Å²) in [6, 6.07) is 6.78. The SMILES string of the molecule is CCC(O)CNCc1ccc2c(c1)CCC2. The van der Waals surface area contributed by atoms with Crippen molar-refractivity contribution in [2.75, 3.05) is 6.54 Å². The van der Waals surface area contributed by atoms with Crippen LogP contribution in [-0.2, 0) is 19.4 Å². The summed E-state index contributed by atoms with van der Waals surface area (Å²) in [4.78, 5) is 0. The lowest BCUT2D eigenvalue weighted by atomic mass is 10.1. The molecule has 16 heavy (non-hydrogen) atoms. The Morgan fingerprint density at radius 2 is 2.12 bits per heavy atom. The molecule has 0 bridgehead atoms. The molecule has 1 aliphatic rings. The van der Waals surface area contributed by atoms with Gasteiger partial charge in [-0.25, -0.2) is 0 Å². The van der Waals surface area contributed by atoms with Crippen LogP contribution in [0.5, 0.6) is 0 Å². The van der Waals surface area contributed by atoms with Gasteiger partial charge in [0.1, 0.15) is 0 Å². The van der Waals surface area contributed by atoms with E-state index in [1.807, 2.05) is 6.92 Å². The molecule has 1 unspecified atom stereocenters. The first-order valence-corrected chi connectivity index (χ1v) is 6.29. The Morgan fingerprint density at radius 3 is 2.94 bits per heavy atom. The number of nitrogens with one attached hydrogen (secondary N) is 1. The highest BCUT2D eigenvalue weighted by Crippen LogP contribution is 2.22. The van der Waals surface area contributed by atoms with E-state index in [1.165, 1.54) is 36.0 Å². The van der Waals surface area contributed by atoms with Crippen molar-refractivity contribution in [2.45, 2.75) is 45.3 Å². The van der Waals surface area contributed by atoms with E-state index >= 15 is 0 Å². The predicted molar refractivity (Wildman–Crippen MR) is 66.5 cm³/mol. The average molecular weight is 219 g/mol. The molecule has 2 rings (SSSR count). The molecule has 2 heteroatoms. The first-order chi connectivity index (χ1) is 7.79. The third kappa shape index (κ3) is 2.83. The van der Waals surface area contributed by atoms with E-state index in [-0.39, 0.29) is 6.10 Å². The summed E-state index contributed by atoms with van der Waals surface area (Å²) < 4.78 is 0. The fraction of sp³-hybridized carbons (Fsp3) is 0.571. The number of hydrogen-bond donors (Lipinski definition) is 2. The molecule has 2 N–H and O–H groups in total. The summed E-state index contributed by atoms with van der Waals surface area (Å²) in [5, 5.41) is 12.7. The summed E-state index contributed by atoms with van der Waals surface area (Å²) in [6.45, 7) is 3.56. The largest absolute Gasteiger partial charge is 0.392 e. The zero-order chi connectivity index (χ0) is 11.4. The fourth-order valence-electron chi connectivity index (χ4n) is 2.26. The van der Waals surface area contributed by atoms with Gasteiger partial charge in [-0.2, -0.15) is 0 Å². The Bertz CT molecular complexity index is 349. The minimum atomic E-state index is -0.213. The van der Waals surface area contributed by atoms with E-state index in [0.29, 0.717) is 6.54 Å². The van der Waals surface area contributed by atoms with Crippen molar-refractivity contribution in [3.05, 3.63) is 34.9 Å². The second-order valence-electron chi connectivity index (χ2n) is 4.65. The minimum absolute atomic E-state index is 0.213. The van der Waals surface area contributed by atoms with Gasteiger partial charge in [0.15, 0.2) is 0 Å². The van der Waals surface area contributed by atoms with Gasteiger partial charge in [-0.15, -0.1) is 0 Å². The standard InChI is InChI=1S/C14H21NO/c1-2-14(16)10-15-9-11-6-7-12-4-3-5-13(12)8-11/h6-8,14-16H,2-5,9-10H2,1H3. The maximum atomic E-state index is 9.43. The zero-order valence-electron chi connectivity index (χ0n) is 10.00. The molecule has 0 spiro atoms. The van der Waals surface area contributed by atoms with Crippen LogP contribution in [-0.4, -0.2) is 17.8 Å². The molecule has 0 aliphatic heterocycles. The van der Waals surface area contributed by atoms with Gasteiger partial charge in [-0.1, -0.05) is 25.1 Å². The first-order valence-electron chi connectivity index (χ1n) is 6.29. The van der Waals surface area contributed by atoms with E-state index < -0.39 is 0 Å². The zero-order valence-corrected chi connectivity index (χ0v) is 10.00. The topological polar surface area (TPSA) is 32.3 Å². The minimum Gasteiger partial charge on any atom is -0.392 e. The normalized spacial score (nSPS) is 16.1. The van der Waals surface area contributed by atoms with Crippen LogP contribution in [0.15, 0.2) is 18.2 Å². The van der Waals surface area contributed by atoms with E-state index in [2.05, 4.69) is 23.5 Å². The average Bonchev–Trinajstić information content (AvgIpc) is 2.76. The first kappa shape index (κ1) is 11.6. The Balaban J connectivity index is 1.86. The molecule has 0 heterocycles. The lowest BCUT2D eigenvalue weighted by Gasteiger charge is -2.10. The lowest BCUT2D eigenvalue weighted by Crippen LogP contribution is -2.25. The Labute approximate surface area is 97.7 Å². The second-order valence-corrected chi connectivity index (χ2v) is 4.65. The van der Waals surface area contributed by atoms with Gasteiger partial charge in [0.05, 0.1) is 6.10 Å². The van der Waals surface area contributed by atoms with Crippen LogP contribution in [0.2, 0.25) is 0 Å². The number of hydrogen-bond acceptors (Lipinski definition) is 2. The molecule has 0 radical (unpaired) electrons. The molecule has 1 aromatic rings. The fourth-order valence-corrected chi connectivity index (χ4v) is 2.26. The van der Waals surface area contributed by atoms with Gasteiger partial charge in [-0.3, -0.25) is 0 Å². The third-order valence-corrected chi connectivity index (χ3v) is 3.34. The molecular formula is C14H21NO. The molecule has 0 aromatic heterocycles. The van der Waals surface area contributed by atoms with Gasteiger partial charge in [0.2, 0.25) is 0 Å². The van der Waals surface area contributed by atoms with Crippen LogP contribution in [0.25, 0.3) is 0 Å². The molecule has 0 amide bonds. The molecule has 1 atom stereocenters. The van der Waals surface area contributed by atoms with Gasteiger partial charge in [0.25, 0.3) is 0 Å². The number of rotatable bonds is 5. The van der Waals surface area contributed by atoms with Crippen LogP contribution in [0.3, 0.4) is 0 Å². The molecule has 1 aromatic carbocycles.